The van der Waals surface area contributed by atoms with Crippen molar-refractivity contribution in [3.8, 4) is 0 Å². The van der Waals surface area contributed by atoms with Crippen LogP contribution in [0.15, 0.2) is 60.0 Å². The van der Waals surface area contributed by atoms with Crippen LogP contribution in [0.4, 0.5) is 10.8 Å². The molecule has 1 aromatic heterocycles. The lowest BCUT2D eigenvalue weighted by Crippen LogP contribution is -2.22. The molecule has 0 aliphatic rings. The second kappa shape index (κ2) is 9.47. The maximum Gasteiger partial charge on any atom is 0.313 e. The number of rotatable bonds is 7. The van der Waals surface area contributed by atoms with Crippen LogP contribution in [0, 0.1) is 6.92 Å². The van der Waals surface area contributed by atoms with Crippen molar-refractivity contribution in [2.24, 2.45) is 0 Å². The van der Waals surface area contributed by atoms with Gasteiger partial charge in [-0.15, -0.1) is 11.3 Å². The van der Waals surface area contributed by atoms with Crippen molar-refractivity contribution in [2.75, 3.05) is 4.90 Å². The molecular formula is C23H24N2O3S. The molecule has 0 aliphatic heterocycles. The van der Waals surface area contributed by atoms with Gasteiger partial charge in [-0.3, -0.25) is 14.5 Å². The van der Waals surface area contributed by atoms with E-state index in [0.29, 0.717) is 17.2 Å². The Morgan fingerprint density at radius 2 is 1.90 bits per heavy atom. The maximum atomic E-state index is 12.5. The van der Waals surface area contributed by atoms with E-state index in [0.717, 1.165) is 16.8 Å². The highest BCUT2D eigenvalue weighted by molar-refractivity contribution is 7.14. The molecule has 1 heterocycles. The maximum absolute atomic E-state index is 12.5. The Balaban J connectivity index is 1.71. The molecule has 6 heteroatoms. The Labute approximate surface area is 175 Å². The molecule has 0 bridgehead atoms. The van der Waals surface area contributed by atoms with E-state index in [2.05, 4.69) is 4.98 Å². The van der Waals surface area contributed by atoms with E-state index >= 15 is 0 Å². The fourth-order valence-electron chi connectivity index (χ4n) is 3.13. The van der Waals surface area contributed by atoms with Gasteiger partial charge in [0.05, 0.1) is 17.3 Å². The van der Waals surface area contributed by atoms with Crippen molar-refractivity contribution < 1.29 is 14.3 Å². The second-order valence-electron chi connectivity index (χ2n) is 6.79. The highest BCUT2D eigenvalue weighted by atomic mass is 32.1. The van der Waals surface area contributed by atoms with Gasteiger partial charge in [-0.2, -0.15) is 0 Å². The second-order valence-corrected chi connectivity index (χ2v) is 7.63. The monoisotopic (exact) mass is 408 g/mol. The standard InChI is InChI=1S/C23H24N2O3S/c1-4-21(18-10-6-5-7-11-18)22(27)28-14-19-15-29-23(24-19)25(17(3)26)20-12-8-9-16(2)13-20/h5-13,15,21H,4,14H2,1-3H3/t21-/m0/s1. The highest BCUT2D eigenvalue weighted by Gasteiger charge is 2.22. The van der Waals surface area contributed by atoms with Gasteiger partial charge in [-0.05, 0) is 36.6 Å². The van der Waals surface area contributed by atoms with E-state index in [4.69, 9.17) is 4.74 Å². The summed E-state index contributed by atoms with van der Waals surface area (Å²) in [5.74, 6) is -0.686. The Kier molecular flexibility index (Phi) is 6.77. The van der Waals surface area contributed by atoms with Gasteiger partial charge in [0.25, 0.3) is 0 Å². The number of benzene rings is 2. The summed E-state index contributed by atoms with van der Waals surface area (Å²) < 4.78 is 5.52. The van der Waals surface area contributed by atoms with Gasteiger partial charge >= 0.3 is 5.97 Å². The zero-order valence-electron chi connectivity index (χ0n) is 16.8. The van der Waals surface area contributed by atoms with E-state index in [1.54, 1.807) is 4.90 Å². The third-order valence-electron chi connectivity index (χ3n) is 4.56. The Morgan fingerprint density at radius 3 is 2.55 bits per heavy atom. The smallest absolute Gasteiger partial charge is 0.313 e. The quantitative estimate of drug-likeness (QED) is 0.493. The third-order valence-corrected chi connectivity index (χ3v) is 5.44. The number of amides is 1. The summed E-state index contributed by atoms with van der Waals surface area (Å²) in [5.41, 5.74) is 3.40. The van der Waals surface area contributed by atoms with E-state index in [1.807, 2.05) is 73.8 Å². The Bertz CT molecular complexity index is 985. The van der Waals surface area contributed by atoms with Crippen molar-refractivity contribution in [2.45, 2.75) is 39.7 Å². The summed E-state index contributed by atoms with van der Waals surface area (Å²) in [6.07, 6.45) is 0.663. The first-order valence-electron chi connectivity index (χ1n) is 9.53. The predicted octanol–water partition coefficient (Wildman–Crippen LogP) is 5.37. The summed E-state index contributed by atoms with van der Waals surface area (Å²) in [5, 5.41) is 2.38. The van der Waals surface area contributed by atoms with Gasteiger partial charge in [0.15, 0.2) is 5.13 Å². The number of hydrogen-bond donors (Lipinski definition) is 0. The van der Waals surface area contributed by atoms with E-state index in [1.165, 1.54) is 18.3 Å². The van der Waals surface area contributed by atoms with Crippen LogP contribution < -0.4 is 4.90 Å². The lowest BCUT2D eigenvalue weighted by molar-refractivity contribution is -0.147. The molecule has 0 radical (unpaired) electrons. The molecule has 0 fully saturated rings. The Morgan fingerprint density at radius 1 is 1.14 bits per heavy atom. The average molecular weight is 409 g/mol. The van der Waals surface area contributed by atoms with Crippen LogP contribution in [0.2, 0.25) is 0 Å². The van der Waals surface area contributed by atoms with E-state index in [9.17, 15) is 9.59 Å². The number of nitrogens with zero attached hydrogens (tertiary/aromatic N) is 2. The van der Waals surface area contributed by atoms with Crippen LogP contribution in [0.25, 0.3) is 0 Å². The minimum absolute atomic E-state index is 0.0816. The lowest BCUT2D eigenvalue weighted by atomic mass is 9.97. The van der Waals surface area contributed by atoms with Gasteiger partial charge in [0.1, 0.15) is 6.61 Å². The van der Waals surface area contributed by atoms with Gasteiger partial charge in [-0.25, -0.2) is 4.98 Å². The fourth-order valence-corrected chi connectivity index (χ4v) is 4.00. The molecule has 0 saturated carbocycles. The third kappa shape index (κ3) is 5.09. The van der Waals surface area contributed by atoms with E-state index < -0.39 is 0 Å². The molecule has 1 amide bonds. The number of hydrogen-bond acceptors (Lipinski definition) is 5. The topological polar surface area (TPSA) is 59.5 Å². The molecular weight excluding hydrogens is 384 g/mol. The Hall–Kier alpha value is -2.99. The number of aryl methyl sites for hydroxylation is 1. The number of aromatic nitrogens is 1. The van der Waals surface area contributed by atoms with Crippen molar-refractivity contribution in [1.82, 2.24) is 4.98 Å². The first-order chi connectivity index (χ1) is 14.0. The van der Waals surface area contributed by atoms with Crippen molar-refractivity contribution in [1.29, 1.82) is 0 Å². The van der Waals surface area contributed by atoms with Crippen molar-refractivity contribution >= 4 is 34.0 Å². The van der Waals surface area contributed by atoms with Crippen LogP contribution in [0.3, 0.4) is 0 Å². The molecule has 150 valence electrons. The van der Waals surface area contributed by atoms with Crippen LogP contribution in [-0.4, -0.2) is 16.9 Å². The zero-order valence-corrected chi connectivity index (χ0v) is 17.6. The first-order valence-corrected chi connectivity index (χ1v) is 10.4. The van der Waals surface area contributed by atoms with Crippen LogP contribution in [0.1, 0.15) is 43.0 Å². The molecule has 1 atom stereocenters. The normalized spacial score (nSPS) is 11.7. The zero-order chi connectivity index (χ0) is 20.8. The SMILES string of the molecule is CC[C@H](C(=O)OCc1csc(N(C(C)=O)c2cccc(C)c2)n1)c1ccccc1. The highest BCUT2D eigenvalue weighted by Crippen LogP contribution is 2.30. The van der Waals surface area contributed by atoms with Crippen LogP contribution >= 0.6 is 11.3 Å². The average Bonchev–Trinajstić information content (AvgIpc) is 3.16. The summed E-state index contributed by atoms with van der Waals surface area (Å²) in [7, 11) is 0. The number of anilines is 2. The van der Waals surface area contributed by atoms with Gasteiger partial charge in [0, 0.05) is 12.3 Å². The predicted molar refractivity (Wildman–Crippen MR) is 115 cm³/mol. The molecule has 0 N–H and O–H groups in total. The van der Waals surface area contributed by atoms with Gasteiger partial charge in [0.2, 0.25) is 5.91 Å². The molecule has 0 saturated heterocycles. The number of carbonyl (C=O) groups is 2. The van der Waals surface area contributed by atoms with Crippen LogP contribution in [-0.2, 0) is 20.9 Å². The largest absolute Gasteiger partial charge is 0.459 e. The summed E-state index contributed by atoms with van der Waals surface area (Å²) >= 11 is 1.35. The van der Waals surface area contributed by atoms with E-state index in [-0.39, 0.29) is 24.4 Å². The van der Waals surface area contributed by atoms with Crippen molar-refractivity contribution in [3.63, 3.8) is 0 Å². The number of thiazole rings is 1. The summed E-state index contributed by atoms with van der Waals surface area (Å²) in [4.78, 5) is 30.9. The molecule has 3 aromatic rings. The number of carbonyl (C=O) groups excluding carboxylic acids is 2. The lowest BCUT2D eigenvalue weighted by Gasteiger charge is -2.18. The molecule has 5 nitrogen and oxygen atoms in total. The molecule has 2 aromatic carbocycles. The molecule has 0 spiro atoms. The number of esters is 1. The van der Waals surface area contributed by atoms with Crippen molar-refractivity contribution in [3.05, 3.63) is 76.8 Å². The molecule has 0 unspecified atom stereocenters. The summed E-state index contributed by atoms with van der Waals surface area (Å²) in [6.45, 7) is 5.53. The van der Waals surface area contributed by atoms with Gasteiger partial charge in [-0.1, -0.05) is 49.4 Å². The number of ether oxygens (including phenoxy) is 1. The molecule has 3 rings (SSSR count). The molecule has 29 heavy (non-hydrogen) atoms. The van der Waals surface area contributed by atoms with Gasteiger partial charge < -0.3 is 4.74 Å². The molecule has 0 aliphatic carbocycles. The summed E-state index contributed by atoms with van der Waals surface area (Å²) in [6, 6.07) is 17.3. The first kappa shape index (κ1) is 20.7. The van der Waals surface area contributed by atoms with Crippen LogP contribution in [0.5, 0.6) is 0 Å². The fraction of sp³-hybridized carbons (Fsp3) is 0.261. The minimum atomic E-state index is -0.296. The minimum Gasteiger partial charge on any atom is -0.459 e.